The molecule has 3 heteroatoms. The normalized spacial score (nSPS) is 12.6. The molecule has 1 unspecified atom stereocenters. The van der Waals surface area contributed by atoms with Gasteiger partial charge in [0.1, 0.15) is 0 Å². The van der Waals surface area contributed by atoms with Crippen molar-refractivity contribution < 1.29 is 9.59 Å². The van der Waals surface area contributed by atoms with E-state index in [1.54, 1.807) is 30.0 Å². The fourth-order valence-corrected chi connectivity index (χ4v) is 1.97. The maximum atomic E-state index is 12.5. The third-order valence-corrected chi connectivity index (χ3v) is 3.13. The molecule has 0 aliphatic heterocycles. The van der Waals surface area contributed by atoms with E-state index < -0.39 is 11.5 Å². The summed E-state index contributed by atoms with van der Waals surface area (Å²) in [6, 6.07) is 8.55. The van der Waals surface area contributed by atoms with Crippen LogP contribution in [0.3, 0.4) is 0 Å². The molecule has 0 saturated carbocycles. The third kappa shape index (κ3) is 3.80. The molecule has 108 valence electrons. The van der Waals surface area contributed by atoms with E-state index in [4.69, 9.17) is 0 Å². The lowest BCUT2D eigenvalue weighted by Gasteiger charge is -2.32. The van der Waals surface area contributed by atoms with Gasteiger partial charge in [0, 0.05) is 17.5 Å². The second-order valence-electron chi connectivity index (χ2n) is 5.90. The van der Waals surface area contributed by atoms with E-state index in [1.807, 2.05) is 39.0 Å². The van der Waals surface area contributed by atoms with Crippen molar-refractivity contribution in [2.24, 2.45) is 5.41 Å². The summed E-state index contributed by atoms with van der Waals surface area (Å²) in [5.74, 6) is -0.0979. The Balaban J connectivity index is 3.00. The van der Waals surface area contributed by atoms with Gasteiger partial charge in [-0.2, -0.15) is 0 Å². The van der Waals surface area contributed by atoms with E-state index in [9.17, 15) is 9.59 Å². The van der Waals surface area contributed by atoms with Crippen molar-refractivity contribution in [3.63, 3.8) is 0 Å². The number of nitrogens with zero attached hydrogens (tertiary/aromatic N) is 1. The number of benzene rings is 1. The smallest absolute Gasteiger partial charge is 0.228 e. The van der Waals surface area contributed by atoms with Crippen LogP contribution < -0.4 is 0 Å². The Morgan fingerprint density at radius 2 is 1.80 bits per heavy atom. The Hall–Kier alpha value is -1.90. The largest absolute Gasteiger partial charge is 0.328 e. The highest BCUT2D eigenvalue weighted by Gasteiger charge is 2.32. The molecule has 0 N–H and O–H groups in total. The molecule has 3 nitrogen and oxygen atoms in total. The lowest BCUT2D eigenvalue weighted by atomic mass is 9.93. The van der Waals surface area contributed by atoms with Gasteiger partial charge in [-0.25, -0.2) is 0 Å². The summed E-state index contributed by atoms with van der Waals surface area (Å²) in [4.78, 5) is 26.5. The van der Waals surface area contributed by atoms with Crippen molar-refractivity contribution in [2.45, 2.75) is 33.7 Å². The molecule has 20 heavy (non-hydrogen) atoms. The zero-order valence-corrected chi connectivity index (χ0v) is 12.7. The van der Waals surface area contributed by atoms with Crippen LogP contribution in [0, 0.1) is 5.41 Å². The minimum absolute atomic E-state index is 0.0471. The number of carbonyl (C=O) groups is 2. The lowest BCUT2D eigenvalue weighted by Crippen LogP contribution is -2.48. The molecule has 1 atom stereocenters. The topological polar surface area (TPSA) is 37.4 Å². The van der Waals surface area contributed by atoms with Gasteiger partial charge in [0.2, 0.25) is 5.91 Å². The van der Waals surface area contributed by atoms with Gasteiger partial charge in [0.15, 0.2) is 5.78 Å². The van der Waals surface area contributed by atoms with E-state index in [0.29, 0.717) is 12.1 Å². The van der Waals surface area contributed by atoms with Crippen molar-refractivity contribution in [1.82, 2.24) is 4.90 Å². The van der Waals surface area contributed by atoms with Crippen LogP contribution in [0.15, 0.2) is 43.0 Å². The molecular formula is C17H23NO2. The predicted molar refractivity (Wildman–Crippen MR) is 81.6 cm³/mol. The first-order valence-corrected chi connectivity index (χ1v) is 6.80. The molecule has 1 amide bonds. The summed E-state index contributed by atoms with van der Waals surface area (Å²) in [7, 11) is 0. The molecule has 0 saturated heterocycles. The summed E-state index contributed by atoms with van der Waals surface area (Å²) < 4.78 is 0. The van der Waals surface area contributed by atoms with Crippen molar-refractivity contribution >= 4 is 11.7 Å². The van der Waals surface area contributed by atoms with Crippen LogP contribution in [0.25, 0.3) is 0 Å². The van der Waals surface area contributed by atoms with Crippen LogP contribution in [0.4, 0.5) is 0 Å². The van der Waals surface area contributed by atoms with Gasteiger partial charge in [-0.1, -0.05) is 57.2 Å². The van der Waals surface area contributed by atoms with Gasteiger partial charge >= 0.3 is 0 Å². The molecule has 0 heterocycles. The summed E-state index contributed by atoms with van der Waals surface area (Å²) >= 11 is 0. The predicted octanol–water partition coefficient (Wildman–Crippen LogP) is 3.32. The van der Waals surface area contributed by atoms with E-state index in [0.717, 1.165) is 0 Å². The first kappa shape index (κ1) is 16.2. The first-order chi connectivity index (χ1) is 9.29. The summed E-state index contributed by atoms with van der Waals surface area (Å²) in [6.45, 7) is 11.4. The van der Waals surface area contributed by atoms with Crippen molar-refractivity contribution in [1.29, 1.82) is 0 Å². The standard InChI is InChI=1S/C17H23NO2/c1-6-12-18(16(20)17(3,4)5)13(2)15(19)14-10-8-7-9-11-14/h6-11,13H,1,12H2,2-5H3. The quantitative estimate of drug-likeness (QED) is 0.609. The van der Waals surface area contributed by atoms with Crippen molar-refractivity contribution in [3.8, 4) is 0 Å². The number of amides is 1. The summed E-state index contributed by atoms with van der Waals surface area (Å²) in [5, 5.41) is 0. The monoisotopic (exact) mass is 273 g/mol. The maximum Gasteiger partial charge on any atom is 0.228 e. The lowest BCUT2D eigenvalue weighted by molar-refractivity contribution is -0.140. The highest BCUT2D eigenvalue weighted by molar-refractivity contribution is 6.02. The molecule has 0 bridgehead atoms. The van der Waals surface area contributed by atoms with Crippen LogP contribution in [0.2, 0.25) is 0 Å². The van der Waals surface area contributed by atoms with E-state index in [2.05, 4.69) is 6.58 Å². The van der Waals surface area contributed by atoms with Gasteiger partial charge in [0.25, 0.3) is 0 Å². The van der Waals surface area contributed by atoms with Gasteiger partial charge in [-0.15, -0.1) is 6.58 Å². The Kier molecular flexibility index (Phi) is 5.26. The van der Waals surface area contributed by atoms with Crippen LogP contribution in [0.5, 0.6) is 0 Å². The number of hydrogen-bond donors (Lipinski definition) is 0. The number of Topliss-reactive ketones (excluding diaryl/α,β-unsaturated/α-hetero) is 1. The Morgan fingerprint density at radius 3 is 2.25 bits per heavy atom. The van der Waals surface area contributed by atoms with E-state index >= 15 is 0 Å². The van der Waals surface area contributed by atoms with Gasteiger partial charge in [0.05, 0.1) is 6.04 Å². The van der Waals surface area contributed by atoms with Crippen LogP contribution in [-0.2, 0) is 4.79 Å². The van der Waals surface area contributed by atoms with Gasteiger partial charge < -0.3 is 4.90 Å². The van der Waals surface area contributed by atoms with Crippen LogP contribution >= 0.6 is 0 Å². The summed E-state index contributed by atoms with van der Waals surface area (Å²) in [6.07, 6.45) is 1.65. The highest BCUT2D eigenvalue weighted by atomic mass is 16.2. The van der Waals surface area contributed by atoms with E-state index in [-0.39, 0.29) is 11.7 Å². The number of hydrogen-bond acceptors (Lipinski definition) is 2. The van der Waals surface area contributed by atoms with Crippen LogP contribution in [0.1, 0.15) is 38.1 Å². The molecule has 0 aromatic heterocycles. The Bertz CT molecular complexity index is 485. The number of rotatable bonds is 5. The maximum absolute atomic E-state index is 12.5. The van der Waals surface area contributed by atoms with E-state index in [1.165, 1.54) is 0 Å². The van der Waals surface area contributed by atoms with Crippen LogP contribution in [-0.4, -0.2) is 29.2 Å². The molecule has 0 aliphatic carbocycles. The first-order valence-electron chi connectivity index (χ1n) is 6.80. The molecule has 1 aromatic rings. The zero-order valence-electron chi connectivity index (χ0n) is 12.7. The zero-order chi connectivity index (χ0) is 15.3. The molecule has 0 radical (unpaired) electrons. The van der Waals surface area contributed by atoms with Gasteiger partial charge in [-0.05, 0) is 6.92 Å². The fraction of sp³-hybridized carbons (Fsp3) is 0.412. The Labute approximate surface area is 121 Å². The second kappa shape index (κ2) is 6.51. The number of ketones is 1. The third-order valence-electron chi connectivity index (χ3n) is 3.13. The fourth-order valence-electron chi connectivity index (χ4n) is 1.97. The highest BCUT2D eigenvalue weighted by Crippen LogP contribution is 2.20. The minimum atomic E-state index is -0.520. The average Bonchev–Trinajstić information content (AvgIpc) is 2.42. The average molecular weight is 273 g/mol. The molecule has 0 aliphatic rings. The summed E-state index contributed by atoms with van der Waals surface area (Å²) in [5.41, 5.74) is 0.101. The second-order valence-corrected chi connectivity index (χ2v) is 5.90. The van der Waals surface area contributed by atoms with Gasteiger partial charge in [-0.3, -0.25) is 9.59 Å². The SMILES string of the molecule is C=CCN(C(=O)C(C)(C)C)C(C)C(=O)c1ccccc1. The molecule has 1 rings (SSSR count). The Morgan fingerprint density at radius 1 is 1.25 bits per heavy atom. The molecule has 1 aromatic carbocycles. The minimum Gasteiger partial charge on any atom is -0.328 e. The van der Waals surface area contributed by atoms with Crippen molar-refractivity contribution in [2.75, 3.05) is 6.54 Å². The molecule has 0 spiro atoms. The molecular weight excluding hydrogens is 250 g/mol. The number of carbonyl (C=O) groups excluding carboxylic acids is 2. The molecule has 0 fully saturated rings. The van der Waals surface area contributed by atoms with Crippen molar-refractivity contribution in [3.05, 3.63) is 48.6 Å².